The van der Waals surface area contributed by atoms with E-state index in [0.717, 1.165) is 5.56 Å². The van der Waals surface area contributed by atoms with Crippen LogP contribution < -0.4 is 4.74 Å². The van der Waals surface area contributed by atoms with E-state index < -0.39 is 5.97 Å². The molecule has 0 saturated heterocycles. The first-order valence-electron chi connectivity index (χ1n) is 8.00. The van der Waals surface area contributed by atoms with E-state index in [0.29, 0.717) is 29.5 Å². The van der Waals surface area contributed by atoms with Gasteiger partial charge in [-0.3, -0.25) is 4.79 Å². The van der Waals surface area contributed by atoms with Crippen molar-refractivity contribution in [3.8, 4) is 5.75 Å². The molecule has 0 bridgehead atoms. The average Bonchev–Trinajstić information content (AvgIpc) is 2.66. The summed E-state index contributed by atoms with van der Waals surface area (Å²) < 4.78 is 10.2. The minimum absolute atomic E-state index is 0.150. The summed E-state index contributed by atoms with van der Waals surface area (Å²) in [6.07, 6.45) is 3.01. The van der Waals surface area contributed by atoms with Crippen molar-refractivity contribution in [2.24, 2.45) is 0 Å². The second-order valence-electron chi connectivity index (χ2n) is 5.48. The number of nitrogens with zero attached hydrogens (tertiary/aromatic N) is 1. The van der Waals surface area contributed by atoms with Crippen LogP contribution in [0.3, 0.4) is 0 Å². The Kier molecular flexibility index (Phi) is 7.24. The van der Waals surface area contributed by atoms with Crippen LogP contribution in [0.4, 0.5) is 0 Å². The summed E-state index contributed by atoms with van der Waals surface area (Å²) in [5.41, 5.74) is 1.33. The Morgan fingerprint density at radius 1 is 1.12 bits per heavy atom. The predicted molar refractivity (Wildman–Crippen MR) is 101 cm³/mol. The largest absolute Gasteiger partial charge is 0.492 e. The quantitative estimate of drug-likeness (QED) is 0.548. The molecule has 5 nitrogen and oxygen atoms in total. The third-order valence-electron chi connectivity index (χ3n) is 3.64. The number of hydrogen-bond donors (Lipinski definition) is 0. The number of carbonyl (C=O) groups is 2. The van der Waals surface area contributed by atoms with E-state index in [1.54, 1.807) is 54.4 Å². The third kappa shape index (κ3) is 5.63. The van der Waals surface area contributed by atoms with Crippen LogP contribution >= 0.6 is 11.6 Å². The van der Waals surface area contributed by atoms with Crippen LogP contribution in [0.15, 0.2) is 54.6 Å². The lowest BCUT2D eigenvalue weighted by atomic mass is 10.2. The highest BCUT2D eigenvalue weighted by Crippen LogP contribution is 2.17. The first-order valence-corrected chi connectivity index (χ1v) is 8.38. The monoisotopic (exact) mass is 373 g/mol. The lowest BCUT2D eigenvalue weighted by molar-refractivity contribution is -0.134. The van der Waals surface area contributed by atoms with E-state index in [4.69, 9.17) is 16.3 Å². The molecule has 0 aliphatic carbocycles. The van der Waals surface area contributed by atoms with E-state index in [-0.39, 0.29) is 5.91 Å². The molecule has 1 amide bonds. The molecule has 0 unspecified atom stereocenters. The van der Waals surface area contributed by atoms with Crippen molar-refractivity contribution in [3.63, 3.8) is 0 Å². The topological polar surface area (TPSA) is 55.8 Å². The normalized spacial score (nSPS) is 10.6. The Morgan fingerprint density at radius 3 is 2.46 bits per heavy atom. The van der Waals surface area contributed by atoms with Gasteiger partial charge in [-0.15, -0.1) is 0 Å². The van der Waals surface area contributed by atoms with Crippen molar-refractivity contribution in [1.29, 1.82) is 0 Å². The fraction of sp³-hybridized carbons (Fsp3) is 0.200. The Bertz CT molecular complexity index is 787. The molecular weight excluding hydrogens is 354 g/mol. The summed E-state index contributed by atoms with van der Waals surface area (Å²) >= 11 is 6.05. The standard InChI is InChI=1S/C20H20ClNO4/c1-22(20(24)17-5-3-4-6-18(17)21)13-14-26-16-10-7-15(8-11-16)9-12-19(23)25-2/h3-12H,13-14H2,1-2H3/b12-9+. The van der Waals surface area contributed by atoms with Gasteiger partial charge < -0.3 is 14.4 Å². The van der Waals surface area contributed by atoms with Gasteiger partial charge >= 0.3 is 5.97 Å². The van der Waals surface area contributed by atoms with Crippen LogP contribution in [0, 0.1) is 0 Å². The van der Waals surface area contributed by atoms with Gasteiger partial charge in [0, 0.05) is 13.1 Å². The minimum atomic E-state index is -0.406. The summed E-state index contributed by atoms with van der Waals surface area (Å²) in [7, 11) is 3.03. The maximum absolute atomic E-state index is 12.3. The lowest BCUT2D eigenvalue weighted by Crippen LogP contribution is -2.31. The molecule has 2 rings (SSSR count). The van der Waals surface area contributed by atoms with Gasteiger partial charge in [-0.2, -0.15) is 0 Å². The van der Waals surface area contributed by atoms with E-state index in [1.807, 2.05) is 12.1 Å². The summed E-state index contributed by atoms with van der Waals surface area (Å²) in [4.78, 5) is 25.0. The predicted octanol–water partition coefficient (Wildman–Crippen LogP) is 3.68. The molecule has 26 heavy (non-hydrogen) atoms. The highest BCUT2D eigenvalue weighted by molar-refractivity contribution is 6.33. The van der Waals surface area contributed by atoms with Crippen LogP contribution in [0.1, 0.15) is 15.9 Å². The van der Waals surface area contributed by atoms with Crippen molar-refractivity contribution in [2.75, 3.05) is 27.3 Å². The van der Waals surface area contributed by atoms with E-state index in [9.17, 15) is 9.59 Å². The Labute approximate surface area is 157 Å². The first kappa shape index (κ1) is 19.5. The average molecular weight is 374 g/mol. The second-order valence-corrected chi connectivity index (χ2v) is 5.89. The van der Waals surface area contributed by atoms with Crippen LogP contribution in [-0.2, 0) is 9.53 Å². The summed E-state index contributed by atoms with van der Waals surface area (Å²) in [5, 5.41) is 0.431. The maximum atomic E-state index is 12.3. The SMILES string of the molecule is COC(=O)/C=C/c1ccc(OCCN(C)C(=O)c2ccccc2Cl)cc1. The van der Waals surface area contributed by atoms with Crippen molar-refractivity contribution < 1.29 is 19.1 Å². The fourth-order valence-electron chi connectivity index (χ4n) is 2.15. The molecular formula is C20H20ClNO4. The maximum Gasteiger partial charge on any atom is 0.330 e. The summed E-state index contributed by atoms with van der Waals surface area (Å²) in [5.74, 6) is 0.123. The fourth-order valence-corrected chi connectivity index (χ4v) is 2.37. The van der Waals surface area contributed by atoms with Crippen LogP contribution in [0.5, 0.6) is 5.75 Å². The number of hydrogen-bond acceptors (Lipinski definition) is 4. The van der Waals surface area contributed by atoms with Crippen molar-refractivity contribution in [2.45, 2.75) is 0 Å². The molecule has 0 aromatic heterocycles. The molecule has 0 heterocycles. The van der Waals surface area contributed by atoms with Crippen LogP contribution in [0.2, 0.25) is 5.02 Å². The zero-order chi connectivity index (χ0) is 18.9. The van der Waals surface area contributed by atoms with E-state index in [1.165, 1.54) is 13.2 Å². The molecule has 0 aliphatic rings. The number of methoxy groups -OCH3 is 1. The molecule has 6 heteroatoms. The zero-order valence-electron chi connectivity index (χ0n) is 14.6. The Balaban J connectivity index is 1.84. The number of benzene rings is 2. The van der Waals surface area contributed by atoms with Crippen LogP contribution in [0.25, 0.3) is 6.08 Å². The molecule has 2 aromatic carbocycles. The van der Waals surface area contributed by atoms with Gasteiger partial charge in [-0.05, 0) is 35.9 Å². The van der Waals surface area contributed by atoms with E-state index in [2.05, 4.69) is 4.74 Å². The first-order chi connectivity index (χ1) is 12.5. The zero-order valence-corrected chi connectivity index (χ0v) is 15.4. The number of rotatable bonds is 7. The van der Waals surface area contributed by atoms with Gasteiger partial charge in [0.1, 0.15) is 12.4 Å². The molecule has 2 aromatic rings. The molecule has 136 valence electrons. The molecule has 0 saturated carbocycles. The molecule has 0 spiro atoms. The highest BCUT2D eigenvalue weighted by Gasteiger charge is 2.14. The van der Waals surface area contributed by atoms with Crippen molar-refractivity contribution in [3.05, 3.63) is 70.8 Å². The van der Waals surface area contributed by atoms with Gasteiger partial charge in [-0.25, -0.2) is 4.79 Å². The number of likely N-dealkylation sites (N-methyl/N-ethyl adjacent to an activating group) is 1. The number of ether oxygens (including phenoxy) is 2. The second kappa shape index (κ2) is 9.63. The van der Waals surface area contributed by atoms with Gasteiger partial charge in [0.25, 0.3) is 5.91 Å². The van der Waals surface area contributed by atoms with Gasteiger partial charge in [0.15, 0.2) is 0 Å². The van der Waals surface area contributed by atoms with Gasteiger partial charge in [0.2, 0.25) is 0 Å². The van der Waals surface area contributed by atoms with Crippen LogP contribution in [-0.4, -0.2) is 44.1 Å². The molecule has 0 fully saturated rings. The Hall–Kier alpha value is -2.79. The third-order valence-corrected chi connectivity index (χ3v) is 3.97. The number of halogens is 1. The summed E-state index contributed by atoms with van der Waals surface area (Å²) in [6, 6.07) is 14.2. The molecule has 0 atom stereocenters. The molecule has 0 N–H and O–H groups in total. The minimum Gasteiger partial charge on any atom is -0.492 e. The summed E-state index contributed by atoms with van der Waals surface area (Å²) in [6.45, 7) is 0.776. The van der Waals surface area contributed by atoms with Crippen molar-refractivity contribution in [1.82, 2.24) is 4.90 Å². The van der Waals surface area contributed by atoms with Crippen molar-refractivity contribution >= 4 is 29.6 Å². The Morgan fingerprint density at radius 2 is 1.81 bits per heavy atom. The smallest absolute Gasteiger partial charge is 0.330 e. The lowest BCUT2D eigenvalue weighted by Gasteiger charge is -2.18. The number of amides is 1. The number of carbonyl (C=O) groups excluding carboxylic acids is 2. The van der Waals surface area contributed by atoms with E-state index >= 15 is 0 Å². The molecule has 0 radical (unpaired) electrons. The highest BCUT2D eigenvalue weighted by atomic mass is 35.5. The molecule has 0 aliphatic heterocycles. The van der Waals surface area contributed by atoms with Gasteiger partial charge in [0.05, 0.1) is 24.2 Å². The van der Waals surface area contributed by atoms with Gasteiger partial charge in [-0.1, -0.05) is 35.9 Å². The number of esters is 1.